The molecule has 1 aliphatic heterocycles. The SMILES string of the molecule is COC(C)(C)CC(CN)N1CC(C)CC(C)C1. The van der Waals surface area contributed by atoms with E-state index in [1.54, 1.807) is 7.11 Å². The molecule has 3 heteroatoms. The van der Waals surface area contributed by atoms with E-state index >= 15 is 0 Å². The van der Waals surface area contributed by atoms with Crippen LogP contribution in [0.5, 0.6) is 0 Å². The number of methoxy groups -OCH3 is 1. The van der Waals surface area contributed by atoms with Crippen molar-refractivity contribution in [2.45, 2.75) is 52.2 Å². The Morgan fingerprint density at radius 2 is 1.82 bits per heavy atom. The second-order valence-electron chi connectivity index (χ2n) is 6.46. The maximum Gasteiger partial charge on any atom is 0.0638 e. The Balaban J connectivity index is 2.60. The lowest BCUT2D eigenvalue weighted by atomic mass is 9.88. The number of piperidine rings is 1. The Kier molecular flexibility index (Phi) is 5.42. The van der Waals surface area contributed by atoms with E-state index in [9.17, 15) is 0 Å². The van der Waals surface area contributed by atoms with Gasteiger partial charge in [-0.15, -0.1) is 0 Å². The maximum absolute atomic E-state index is 5.96. The van der Waals surface area contributed by atoms with Crippen molar-refractivity contribution in [1.82, 2.24) is 4.90 Å². The Hall–Kier alpha value is -0.120. The average molecular weight is 242 g/mol. The zero-order valence-electron chi connectivity index (χ0n) is 12.2. The molecular formula is C14H30N2O. The molecule has 1 saturated heterocycles. The van der Waals surface area contributed by atoms with Gasteiger partial charge in [0.05, 0.1) is 5.60 Å². The summed E-state index contributed by atoms with van der Waals surface area (Å²) in [6.07, 6.45) is 2.36. The van der Waals surface area contributed by atoms with Crippen molar-refractivity contribution in [2.24, 2.45) is 17.6 Å². The van der Waals surface area contributed by atoms with Crippen molar-refractivity contribution < 1.29 is 4.74 Å². The summed E-state index contributed by atoms with van der Waals surface area (Å²) in [5.41, 5.74) is 5.88. The van der Waals surface area contributed by atoms with Crippen LogP contribution in [0, 0.1) is 11.8 Å². The minimum atomic E-state index is -0.0754. The summed E-state index contributed by atoms with van der Waals surface area (Å²) < 4.78 is 5.53. The van der Waals surface area contributed by atoms with Gasteiger partial charge in [0.15, 0.2) is 0 Å². The zero-order chi connectivity index (χ0) is 13.1. The molecule has 17 heavy (non-hydrogen) atoms. The van der Waals surface area contributed by atoms with Gasteiger partial charge in [-0.05, 0) is 38.5 Å². The fourth-order valence-electron chi connectivity index (χ4n) is 3.02. The molecule has 0 aromatic heterocycles. The lowest BCUT2D eigenvalue weighted by Gasteiger charge is -2.42. The topological polar surface area (TPSA) is 38.5 Å². The number of nitrogens with two attached hydrogens (primary N) is 1. The Morgan fingerprint density at radius 1 is 1.29 bits per heavy atom. The largest absolute Gasteiger partial charge is 0.379 e. The third-order valence-corrected chi connectivity index (χ3v) is 3.97. The number of rotatable bonds is 5. The molecule has 0 aliphatic carbocycles. The van der Waals surface area contributed by atoms with Gasteiger partial charge in [0.2, 0.25) is 0 Å². The first-order valence-electron chi connectivity index (χ1n) is 6.87. The second-order valence-corrected chi connectivity index (χ2v) is 6.46. The molecule has 1 heterocycles. The molecule has 3 atom stereocenters. The first-order chi connectivity index (χ1) is 7.88. The fraction of sp³-hybridized carbons (Fsp3) is 1.00. The van der Waals surface area contributed by atoms with Crippen LogP contribution < -0.4 is 5.73 Å². The van der Waals surface area contributed by atoms with Crippen molar-refractivity contribution in [3.63, 3.8) is 0 Å². The monoisotopic (exact) mass is 242 g/mol. The van der Waals surface area contributed by atoms with Crippen LogP contribution in [0.3, 0.4) is 0 Å². The predicted octanol–water partition coefficient (Wildman–Crippen LogP) is 2.11. The average Bonchev–Trinajstić information content (AvgIpc) is 2.24. The summed E-state index contributed by atoms with van der Waals surface area (Å²) in [7, 11) is 1.79. The van der Waals surface area contributed by atoms with Crippen LogP contribution in [0.15, 0.2) is 0 Å². The smallest absolute Gasteiger partial charge is 0.0638 e. The number of nitrogens with zero attached hydrogens (tertiary/aromatic N) is 1. The number of hydrogen-bond acceptors (Lipinski definition) is 3. The van der Waals surface area contributed by atoms with Gasteiger partial charge in [0.25, 0.3) is 0 Å². The Morgan fingerprint density at radius 3 is 2.24 bits per heavy atom. The van der Waals surface area contributed by atoms with Gasteiger partial charge in [-0.2, -0.15) is 0 Å². The molecule has 0 aromatic carbocycles. The van der Waals surface area contributed by atoms with E-state index in [2.05, 4.69) is 32.6 Å². The molecule has 1 aliphatic rings. The minimum absolute atomic E-state index is 0.0754. The van der Waals surface area contributed by atoms with Crippen molar-refractivity contribution in [1.29, 1.82) is 0 Å². The molecule has 0 bridgehead atoms. The summed E-state index contributed by atoms with van der Waals surface area (Å²) in [6.45, 7) is 12.1. The minimum Gasteiger partial charge on any atom is -0.379 e. The maximum atomic E-state index is 5.96. The van der Waals surface area contributed by atoms with Crippen molar-refractivity contribution in [3.05, 3.63) is 0 Å². The van der Waals surface area contributed by atoms with E-state index in [1.807, 2.05) is 0 Å². The summed E-state index contributed by atoms with van der Waals surface area (Å²) in [5.74, 6) is 1.58. The molecule has 0 radical (unpaired) electrons. The van der Waals surface area contributed by atoms with E-state index in [-0.39, 0.29) is 5.60 Å². The molecular weight excluding hydrogens is 212 g/mol. The van der Waals surface area contributed by atoms with Crippen LogP contribution in [0.2, 0.25) is 0 Å². The third-order valence-electron chi connectivity index (χ3n) is 3.97. The van der Waals surface area contributed by atoms with E-state index in [0.717, 1.165) is 24.8 Å². The molecule has 0 aromatic rings. The van der Waals surface area contributed by atoms with Crippen LogP contribution in [-0.4, -0.2) is 43.3 Å². The van der Waals surface area contributed by atoms with Crippen LogP contribution in [0.4, 0.5) is 0 Å². The third kappa shape index (κ3) is 4.57. The fourth-order valence-corrected chi connectivity index (χ4v) is 3.02. The molecule has 0 amide bonds. The summed E-state index contributed by atoms with van der Waals surface area (Å²) in [4.78, 5) is 2.57. The first kappa shape index (κ1) is 14.9. The lowest BCUT2D eigenvalue weighted by molar-refractivity contribution is -0.0169. The van der Waals surface area contributed by atoms with Gasteiger partial charge in [0.1, 0.15) is 0 Å². The molecule has 2 N–H and O–H groups in total. The van der Waals surface area contributed by atoms with Crippen LogP contribution in [0.25, 0.3) is 0 Å². The first-order valence-corrected chi connectivity index (χ1v) is 6.87. The predicted molar refractivity (Wildman–Crippen MR) is 73.1 cm³/mol. The molecule has 102 valence electrons. The van der Waals surface area contributed by atoms with Crippen LogP contribution in [0.1, 0.15) is 40.5 Å². The summed E-state index contributed by atoms with van der Waals surface area (Å²) >= 11 is 0. The quantitative estimate of drug-likeness (QED) is 0.802. The standard InChI is InChI=1S/C14H30N2O/c1-11-6-12(2)10-16(9-11)13(8-15)7-14(3,4)17-5/h11-13H,6-10,15H2,1-5H3. The highest BCUT2D eigenvalue weighted by atomic mass is 16.5. The number of ether oxygens (including phenoxy) is 1. The zero-order valence-corrected chi connectivity index (χ0v) is 12.2. The molecule has 0 spiro atoms. The van der Waals surface area contributed by atoms with Gasteiger partial charge in [0, 0.05) is 32.8 Å². The molecule has 1 fully saturated rings. The highest BCUT2D eigenvalue weighted by Gasteiger charge is 2.30. The Bertz CT molecular complexity index is 220. The van der Waals surface area contributed by atoms with Gasteiger partial charge in [-0.25, -0.2) is 0 Å². The lowest BCUT2D eigenvalue weighted by Crippen LogP contribution is -2.50. The second kappa shape index (κ2) is 6.17. The van der Waals surface area contributed by atoms with Gasteiger partial charge in [-0.3, -0.25) is 4.90 Å². The highest BCUT2D eigenvalue weighted by molar-refractivity contribution is 4.85. The van der Waals surface area contributed by atoms with E-state index in [1.165, 1.54) is 19.5 Å². The van der Waals surface area contributed by atoms with E-state index in [4.69, 9.17) is 10.5 Å². The molecule has 3 unspecified atom stereocenters. The molecule has 1 rings (SSSR count). The van der Waals surface area contributed by atoms with Gasteiger partial charge >= 0.3 is 0 Å². The van der Waals surface area contributed by atoms with Crippen LogP contribution >= 0.6 is 0 Å². The van der Waals surface area contributed by atoms with Crippen molar-refractivity contribution >= 4 is 0 Å². The number of hydrogen-bond donors (Lipinski definition) is 1. The number of likely N-dealkylation sites (tertiary alicyclic amines) is 1. The van der Waals surface area contributed by atoms with Crippen molar-refractivity contribution in [2.75, 3.05) is 26.7 Å². The van der Waals surface area contributed by atoms with Gasteiger partial charge < -0.3 is 10.5 Å². The normalized spacial score (nSPS) is 29.3. The molecule has 0 saturated carbocycles. The van der Waals surface area contributed by atoms with E-state index < -0.39 is 0 Å². The Labute approximate surface area is 107 Å². The van der Waals surface area contributed by atoms with Crippen molar-refractivity contribution in [3.8, 4) is 0 Å². The summed E-state index contributed by atoms with van der Waals surface area (Å²) in [6, 6.07) is 0.454. The van der Waals surface area contributed by atoms with Crippen LogP contribution in [-0.2, 0) is 4.74 Å². The molecule has 3 nitrogen and oxygen atoms in total. The van der Waals surface area contributed by atoms with E-state index in [0.29, 0.717) is 6.04 Å². The van der Waals surface area contributed by atoms with Gasteiger partial charge in [-0.1, -0.05) is 13.8 Å². The summed E-state index contributed by atoms with van der Waals surface area (Å²) in [5, 5.41) is 0. The highest BCUT2D eigenvalue weighted by Crippen LogP contribution is 2.26.